The first-order valence-corrected chi connectivity index (χ1v) is 5.41. The average Bonchev–Trinajstić information content (AvgIpc) is 2.03. The summed E-state index contributed by atoms with van der Waals surface area (Å²) in [5, 5.41) is 0. The Morgan fingerprint density at radius 3 is 2.45 bits per heavy atom. The third-order valence-electron chi connectivity index (χ3n) is 1.58. The molecule has 0 saturated heterocycles. The van der Waals surface area contributed by atoms with Gasteiger partial charge < -0.3 is 0 Å². The van der Waals surface area contributed by atoms with Crippen LogP contribution in [0.25, 0.3) is 0 Å². The molecular formula is C10H12Sn. The second-order valence-electron chi connectivity index (χ2n) is 2.64. The monoisotopic (exact) mass is 252 g/mol. The van der Waals surface area contributed by atoms with E-state index in [-0.39, 0.29) is 0 Å². The maximum absolute atomic E-state index is 3.93. The van der Waals surface area contributed by atoms with Gasteiger partial charge in [-0.3, -0.25) is 0 Å². The molecular weight excluding hydrogens is 239 g/mol. The summed E-state index contributed by atoms with van der Waals surface area (Å²) in [4.78, 5) is 0. The Hall–Kier alpha value is -0.241. The number of allylic oxidation sites excluding steroid dienone is 1. The van der Waals surface area contributed by atoms with E-state index in [1.807, 2.05) is 0 Å². The van der Waals surface area contributed by atoms with Gasteiger partial charge in [0, 0.05) is 0 Å². The van der Waals surface area contributed by atoms with Crippen LogP contribution in [-0.2, 0) is 6.42 Å². The first-order valence-electron chi connectivity index (χ1n) is 3.76. The zero-order valence-electron chi connectivity index (χ0n) is 6.59. The molecule has 0 aliphatic rings. The van der Waals surface area contributed by atoms with Crippen LogP contribution in [0.1, 0.15) is 12.0 Å². The molecule has 0 fully saturated rings. The molecule has 1 aromatic carbocycles. The van der Waals surface area contributed by atoms with Gasteiger partial charge in [-0.2, -0.15) is 0 Å². The molecule has 0 bridgehead atoms. The standard InChI is InChI=1S/C10H11.Sn.H/c1-2-3-7-10-8-5-4-6-9-10;;/h4-6,8-9H,1,3,7H2;;. The van der Waals surface area contributed by atoms with Crippen molar-refractivity contribution in [1.82, 2.24) is 0 Å². The SMILES string of the molecule is C=[C]([SnH])CCc1ccccc1. The quantitative estimate of drug-likeness (QED) is 0.721. The zero-order valence-corrected chi connectivity index (χ0v) is 9.88. The van der Waals surface area contributed by atoms with Crippen molar-refractivity contribution < 1.29 is 0 Å². The van der Waals surface area contributed by atoms with Crippen LogP contribution < -0.4 is 0 Å². The van der Waals surface area contributed by atoms with E-state index in [0.717, 1.165) is 12.8 Å². The molecule has 0 N–H and O–H groups in total. The average molecular weight is 251 g/mol. The Labute approximate surface area is 81.4 Å². The van der Waals surface area contributed by atoms with Crippen LogP contribution in [0.15, 0.2) is 40.5 Å². The van der Waals surface area contributed by atoms with Crippen molar-refractivity contribution in [2.24, 2.45) is 0 Å². The van der Waals surface area contributed by atoms with Crippen LogP contribution in [0.5, 0.6) is 0 Å². The van der Waals surface area contributed by atoms with Gasteiger partial charge in [0.15, 0.2) is 0 Å². The molecule has 0 nitrogen and oxygen atoms in total. The Bertz CT molecular complexity index is 226. The first kappa shape index (κ1) is 8.85. The molecule has 1 rings (SSSR count). The molecule has 1 heteroatoms. The van der Waals surface area contributed by atoms with Crippen LogP contribution in [0.4, 0.5) is 0 Å². The second-order valence-corrected chi connectivity index (χ2v) is 4.97. The van der Waals surface area contributed by atoms with E-state index >= 15 is 0 Å². The fraction of sp³-hybridized carbons (Fsp3) is 0.200. The van der Waals surface area contributed by atoms with Gasteiger partial charge in [-0.05, 0) is 0 Å². The molecule has 0 spiro atoms. The second kappa shape index (κ2) is 4.60. The maximum atomic E-state index is 3.93. The predicted octanol–water partition coefficient (Wildman–Crippen LogP) is 2.03. The minimum atomic E-state index is 1.15. The molecule has 0 saturated carbocycles. The van der Waals surface area contributed by atoms with Crippen LogP contribution >= 0.6 is 0 Å². The van der Waals surface area contributed by atoms with Gasteiger partial charge in [0.25, 0.3) is 0 Å². The van der Waals surface area contributed by atoms with E-state index < -0.39 is 0 Å². The zero-order chi connectivity index (χ0) is 8.10. The van der Waals surface area contributed by atoms with Crippen LogP contribution in [0.3, 0.4) is 0 Å². The molecule has 0 aliphatic heterocycles. The number of hydrogen-bond donors (Lipinski definition) is 0. The van der Waals surface area contributed by atoms with Crippen LogP contribution in [-0.4, -0.2) is 22.5 Å². The topological polar surface area (TPSA) is 0 Å². The Morgan fingerprint density at radius 2 is 1.91 bits per heavy atom. The molecule has 56 valence electrons. The van der Waals surface area contributed by atoms with E-state index in [1.54, 1.807) is 0 Å². The van der Waals surface area contributed by atoms with Crippen molar-refractivity contribution in [3.63, 3.8) is 0 Å². The van der Waals surface area contributed by atoms with Gasteiger partial charge in [0.05, 0.1) is 0 Å². The number of aryl methyl sites for hydroxylation is 1. The molecule has 0 atom stereocenters. The fourth-order valence-electron chi connectivity index (χ4n) is 0.950. The van der Waals surface area contributed by atoms with E-state index in [9.17, 15) is 0 Å². The van der Waals surface area contributed by atoms with E-state index in [4.69, 9.17) is 0 Å². The summed E-state index contributed by atoms with van der Waals surface area (Å²) >= 11 is 1.20. The van der Waals surface area contributed by atoms with Crippen molar-refractivity contribution >= 4 is 22.5 Å². The molecule has 0 unspecified atom stereocenters. The normalized spacial score (nSPS) is 9.55. The molecule has 0 aliphatic carbocycles. The van der Waals surface area contributed by atoms with Gasteiger partial charge >= 0.3 is 81.4 Å². The molecule has 11 heavy (non-hydrogen) atoms. The van der Waals surface area contributed by atoms with Crippen molar-refractivity contribution in [3.05, 3.63) is 46.1 Å². The van der Waals surface area contributed by atoms with Crippen LogP contribution in [0, 0.1) is 0 Å². The Kier molecular flexibility index (Phi) is 3.70. The van der Waals surface area contributed by atoms with E-state index in [1.165, 1.54) is 31.7 Å². The Balaban J connectivity index is 2.45. The molecule has 0 amide bonds. The summed E-state index contributed by atoms with van der Waals surface area (Å²) in [5.74, 6) is 0. The third-order valence-corrected chi connectivity index (χ3v) is 2.40. The molecule has 0 heterocycles. The van der Waals surface area contributed by atoms with Gasteiger partial charge in [-0.25, -0.2) is 0 Å². The summed E-state index contributed by atoms with van der Waals surface area (Å²) in [6.45, 7) is 3.93. The van der Waals surface area contributed by atoms with Gasteiger partial charge in [-0.15, -0.1) is 0 Å². The van der Waals surface area contributed by atoms with E-state index in [0.29, 0.717) is 0 Å². The summed E-state index contributed by atoms with van der Waals surface area (Å²) < 4.78 is 1.39. The minimum absolute atomic E-state index is 1.15. The first-order chi connectivity index (χ1) is 5.29. The van der Waals surface area contributed by atoms with Crippen molar-refractivity contribution in [3.8, 4) is 0 Å². The van der Waals surface area contributed by atoms with Gasteiger partial charge in [-0.1, -0.05) is 0 Å². The van der Waals surface area contributed by atoms with Crippen molar-refractivity contribution in [2.75, 3.05) is 0 Å². The van der Waals surface area contributed by atoms with Crippen molar-refractivity contribution in [1.29, 1.82) is 0 Å². The number of benzene rings is 1. The Morgan fingerprint density at radius 1 is 1.27 bits per heavy atom. The summed E-state index contributed by atoms with van der Waals surface area (Å²) in [7, 11) is 0. The molecule has 1 aromatic rings. The van der Waals surface area contributed by atoms with E-state index in [2.05, 4.69) is 36.9 Å². The van der Waals surface area contributed by atoms with Gasteiger partial charge in [0.1, 0.15) is 0 Å². The fourth-order valence-corrected chi connectivity index (χ4v) is 1.36. The predicted molar refractivity (Wildman–Crippen MR) is 51.1 cm³/mol. The third kappa shape index (κ3) is 3.61. The molecule has 0 aromatic heterocycles. The van der Waals surface area contributed by atoms with Crippen molar-refractivity contribution in [2.45, 2.75) is 12.8 Å². The number of rotatable bonds is 3. The van der Waals surface area contributed by atoms with Gasteiger partial charge in [0.2, 0.25) is 0 Å². The van der Waals surface area contributed by atoms with Crippen LogP contribution in [0.2, 0.25) is 0 Å². The number of hydrogen-bond acceptors (Lipinski definition) is 0. The summed E-state index contributed by atoms with van der Waals surface area (Å²) in [5.41, 5.74) is 1.42. The summed E-state index contributed by atoms with van der Waals surface area (Å²) in [6.07, 6.45) is 2.31. The summed E-state index contributed by atoms with van der Waals surface area (Å²) in [6, 6.07) is 10.6. The molecule has 2 radical (unpaired) electrons.